The van der Waals surface area contributed by atoms with Crippen molar-refractivity contribution in [2.45, 2.75) is 65.0 Å². The van der Waals surface area contributed by atoms with Gasteiger partial charge in [0.2, 0.25) is 5.95 Å². The summed E-state index contributed by atoms with van der Waals surface area (Å²) in [7, 11) is 0. The van der Waals surface area contributed by atoms with E-state index in [0.717, 1.165) is 62.8 Å². The fraction of sp³-hybridized carbons (Fsp3) is 0.500. The molecule has 1 aliphatic heterocycles. The fourth-order valence-corrected chi connectivity index (χ4v) is 3.65. The number of anilines is 1. The minimum Gasteiger partial charge on any atom is -0.353 e. The number of fused-ring (bicyclic) bond motifs is 1. The van der Waals surface area contributed by atoms with Gasteiger partial charge in [-0.3, -0.25) is 0 Å². The molecule has 150 valence electrons. The van der Waals surface area contributed by atoms with Crippen LogP contribution in [0.1, 0.15) is 56.5 Å². The largest absolute Gasteiger partial charge is 0.353 e. The summed E-state index contributed by atoms with van der Waals surface area (Å²) in [4.78, 5) is 9.10. The Morgan fingerprint density at radius 2 is 2.25 bits per heavy atom. The molecule has 0 spiro atoms. The van der Waals surface area contributed by atoms with E-state index in [0.29, 0.717) is 0 Å². The second kappa shape index (κ2) is 10.1. The van der Waals surface area contributed by atoms with Crippen LogP contribution in [-0.2, 0) is 13.1 Å². The van der Waals surface area contributed by atoms with Gasteiger partial charge < -0.3 is 9.88 Å². The molecule has 1 aliphatic rings. The lowest BCUT2D eigenvalue weighted by Crippen LogP contribution is -2.08. The summed E-state index contributed by atoms with van der Waals surface area (Å²) in [5, 5.41) is 8.12. The topological polar surface area (TPSA) is 60.6 Å². The third-order valence-corrected chi connectivity index (χ3v) is 5.13. The number of unbranched alkanes of at least 4 members (excludes halogenated alkanes) is 1. The Labute approximate surface area is 168 Å². The van der Waals surface area contributed by atoms with Crippen molar-refractivity contribution in [2.24, 2.45) is 0 Å². The minimum atomic E-state index is 0.267. The number of aromatic nitrogens is 5. The number of nitrogens with one attached hydrogen (secondary N) is 1. The van der Waals surface area contributed by atoms with Gasteiger partial charge in [0.25, 0.3) is 0 Å². The molecule has 0 saturated carbocycles. The first-order valence-electron chi connectivity index (χ1n) is 10.3. The first-order chi connectivity index (χ1) is 13.7. The quantitative estimate of drug-likeness (QED) is 0.509. The lowest BCUT2D eigenvalue weighted by molar-refractivity contribution is 0.574. The average Bonchev–Trinajstić information content (AvgIpc) is 3.24. The molecule has 0 aromatic carbocycles. The van der Waals surface area contributed by atoms with E-state index in [2.05, 4.69) is 44.5 Å². The SMILES string of the molecule is C=C/C(=C\C=C/C)C1CCCCn2nc(NCCCCn3cnc(C)c3)nc21. The summed E-state index contributed by atoms with van der Waals surface area (Å²) >= 11 is 0. The van der Waals surface area contributed by atoms with Crippen molar-refractivity contribution < 1.29 is 0 Å². The molecule has 1 N–H and O–H groups in total. The zero-order valence-corrected chi connectivity index (χ0v) is 17.1. The van der Waals surface area contributed by atoms with Crippen LogP contribution in [0.4, 0.5) is 5.95 Å². The first-order valence-corrected chi connectivity index (χ1v) is 10.3. The second-order valence-electron chi connectivity index (χ2n) is 7.35. The van der Waals surface area contributed by atoms with E-state index < -0.39 is 0 Å². The van der Waals surface area contributed by atoms with Crippen molar-refractivity contribution in [1.82, 2.24) is 24.3 Å². The van der Waals surface area contributed by atoms with Crippen molar-refractivity contribution in [1.29, 1.82) is 0 Å². The van der Waals surface area contributed by atoms with Crippen molar-refractivity contribution in [3.63, 3.8) is 0 Å². The number of rotatable bonds is 9. The highest BCUT2D eigenvalue weighted by atomic mass is 15.4. The van der Waals surface area contributed by atoms with Crippen LogP contribution in [0.3, 0.4) is 0 Å². The minimum absolute atomic E-state index is 0.267. The first kappa shape index (κ1) is 20.1. The third-order valence-electron chi connectivity index (χ3n) is 5.13. The highest BCUT2D eigenvalue weighted by Gasteiger charge is 2.24. The highest BCUT2D eigenvalue weighted by Crippen LogP contribution is 2.32. The monoisotopic (exact) mass is 380 g/mol. The van der Waals surface area contributed by atoms with Gasteiger partial charge in [-0.25, -0.2) is 9.67 Å². The maximum atomic E-state index is 4.84. The van der Waals surface area contributed by atoms with Gasteiger partial charge in [-0.05, 0) is 45.1 Å². The van der Waals surface area contributed by atoms with E-state index in [1.165, 1.54) is 12.0 Å². The van der Waals surface area contributed by atoms with Gasteiger partial charge in [-0.1, -0.05) is 37.3 Å². The van der Waals surface area contributed by atoms with Crippen LogP contribution in [-0.4, -0.2) is 30.9 Å². The predicted octanol–water partition coefficient (Wildman–Crippen LogP) is 4.63. The summed E-state index contributed by atoms with van der Waals surface area (Å²) < 4.78 is 4.23. The summed E-state index contributed by atoms with van der Waals surface area (Å²) in [6.07, 6.45) is 17.8. The zero-order chi connectivity index (χ0) is 19.8. The van der Waals surface area contributed by atoms with Gasteiger partial charge in [-0.15, -0.1) is 5.10 Å². The molecular formula is C22H32N6. The van der Waals surface area contributed by atoms with Gasteiger partial charge in [-0.2, -0.15) is 4.98 Å². The van der Waals surface area contributed by atoms with E-state index in [9.17, 15) is 0 Å². The van der Waals surface area contributed by atoms with Crippen LogP contribution in [0.25, 0.3) is 0 Å². The lowest BCUT2D eigenvalue weighted by atomic mass is 9.93. The summed E-state index contributed by atoms with van der Waals surface area (Å²) in [6.45, 7) is 10.9. The summed E-state index contributed by atoms with van der Waals surface area (Å²) in [5.74, 6) is 2.07. The molecule has 0 amide bonds. The second-order valence-corrected chi connectivity index (χ2v) is 7.35. The predicted molar refractivity (Wildman–Crippen MR) is 114 cm³/mol. The van der Waals surface area contributed by atoms with Crippen LogP contribution in [0.15, 0.2) is 49.0 Å². The lowest BCUT2D eigenvalue weighted by Gasteiger charge is -2.14. The molecule has 6 nitrogen and oxygen atoms in total. The zero-order valence-electron chi connectivity index (χ0n) is 17.1. The molecule has 0 saturated heterocycles. The normalized spacial score (nSPS) is 17.5. The maximum Gasteiger partial charge on any atom is 0.242 e. The molecule has 28 heavy (non-hydrogen) atoms. The van der Waals surface area contributed by atoms with E-state index in [4.69, 9.17) is 10.1 Å². The number of nitrogens with zero attached hydrogens (tertiary/aromatic N) is 5. The molecule has 0 bridgehead atoms. The third kappa shape index (κ3) is 5.21. The molecule has 0 aliphatic carbocycles. The van der Waals surface area contributed by atoms with Crippen molar-refractivity contribution in [2.75, 3.05) is 11.9 Å². The Balaban J connectivity index is 1.58. The number of allylic oxidation sites excluding steroid dienone is 5. The number of imidazole rings is 1. The summed E-state index contributed by atoms with van der Waals surface area (Å²) in [6, 6.07) is 0. The molecule has 6 heteroatoms. The van der Waals surface area contributed by atoms with E-state index in [-0.39, 0.29) is 5.92 Å². The fourth-order valence-electron chi connectivity index (χ4n) is 3.65. The van der Waals surface area contributed by atoms with Crippen molar-refractivity contribution >= 4 is 5.95 Å². The van der Waals surface area contributed by atoms with Crippen LogP contribution in [0, 0.1) is 6.92 Å². The van der Waals surface area contributed by atoms with Crippen LogP contribution >= 0.6 is 0 Å². The Morgan fingerprint density at radius 3 is 3.00 bits per heavy atom. The molecule has 1 unspecified atom stereocenters. The Hall–Kier alpha value is -2.63. The Morgan fingerprint density at radius 1 is 1.36 bits per heavy atom. The highest BCUT2D eigenvalue weighted by molar-refractivity contribution is 5.34. The van der Waals surface area contributed by atoms with E-state index in [1.807, 2.05) is 32.3 Å². The van der Waals surface area contributed by atoms with E-state index >= 15 is 0 Å². The van der Waals surface area contributed by atoms with Gasteiger partial charge in [0.05, 0.1) is 12.0 Å². The Kier molecular flexibility index (Phi) is 7.23. The molecular weight excluding hydrogens is 348 g/mol. The van der Waals surface area contributed by atoms with Gasteiger partial charge in [0.1, 0.15) is 5.82 Å². The Bertz CT molecular complexity index is 826. The van der Waals surface area contributed by atoms with Crippen molar-refractivity contribution in [3.05, 3.63) is 60.5 Å². The van der Waals surface area contributed by atoms with Crippen LogP contribution in [0.2, 0.25) is 0 Å². The standard InChI is InChI=1S/C22H32N6/c1-4-6-11-19(5-2)20-12-7-9-15-28-21(20)25-22(26-28)23-13-8-10-14-27-16-18(3)24-17-27/h4-6,11,16-17,20H,2,7-10,12-15H2,1,3H3,(H,23,26)/b6-4-,19-11+. The van der Waals surface area contributed by atoms with Gasteiger partial charge in [0.15, 0.2) is 0 Å². The summed E-state index contributed by atoms with van der Waals surface area (Å²) in [5.41, 5.74) is 2.29. The molecule has 3 heterocycles. The molecule has 0 radical (unpaired) electrons. The average molecular weight is 381 g/mol. The molecule has 3 rings (SSSR count). The number of hydrogen-bond donors (Lipinski definition) is 1. The molecule has 1 atom stereocenters. The van der Waals surface area contributed by atoms with Gasteiger partial charge >= 0.3 is 0 Å². The van der Waals surface area contributed by atoms with Gasteiger partial charge in [0, 0.05) is 31.7 Å². The molecule has 2 aromatic rings. The van der Waals surface area contributed by atoms with Crippen LogP contribution < -0.4 is 5.32 Å². The molecule has 2 aromatic heterocycles. The smallest absolute Gasteiger partial charge is 0.242 e. The van der Waals surface area contributed by atoms with Crippen molar-refractivity contribution in [3.8, 4) is 0 Å². The maximum absolute atomic E-state index is 4.84. The van der Waals surface area contributed by atoms with E-state index in [1.54, 1.807) is 0 Å². The van der Waals surface area contributed by atoms with Crippen LogP contribution in [0.5, 0.6) is 0 Å². The number of hydrogen-bond acceptors (Lipinski definition) is 4. The number of aryl methyl sites for hydroxylation is 3. The molecule has 0 fully saturated rings.